The van der Waals surface area contributed by atoms with E-state index in [9.17, 15) is 13.6 Å². The number of benzene rings is 2. The second-order valence-corrected chi connectivity index (χ2v) is 5.90. The van der Waals surface area contributed by atoms with Gasteiger partial charge in [0.25, 0.3) is 5.91 Å². The van der Waals surface area contributed by atoms with Crippen LogP contribution in [0.4, 0.5) is 8.78 Å². The number of halogens is 2. The second kappa shape index (κ2) is 6.51. The van der Waals surface area contributed by atoms with Crippen molar-refractivity contribution in [1.82, 2.24) is 4.98 Å². The zero-order valence-corrected chi connectivity index (χ0v) is 14.2. The summed E-state index contributed by atoms with van der Waals surface area (Å²) in [5.41, 5.74) is 13.5. The molecule has 0 spiro atoms. The topological polar surface area (TPSA) is 94.4 Å². The van der Waals surface area contributed by atoms with E-state index in [4.69, 9.17) is 11.5 Å². The van der Waals surface area contributed by atoms with Crippen molar-refractivity contribution in [2.45, 2.75) is 13.8 Å². The van der Waals surface area contributed by atoms with Gasteiger partial charge in [0.2, 0.25) is 0 Å². The maximum Gasteiger partial charge on any atom is 0.280 e. The lowest BCUT2D eigenvalue weighted by molar-refractivity contribution is 0.100. The summed E-state index contributed by atoms with van der Waals surface area (Å²) in [7, 11) is 0. The van der Waals surface area contributed by atoms with Crippen LogP contribution < -0.4 is 11.5 Å². The lowest BCUT2D eigenvalue weighted by Gasteiger charge is -2.14. The molecule has 3 rings (SSSR count). The summed E-state index contributed by atoms with van der Waals surface area (Å²) in [5, 5.41) is 0.551. The van der Waals surface area contributed by atoms with E-state index in [-0.39, 0.29) is 17.1 Å². The molecule has 0 unspecified atom stereocenters. The highest BCUT2D eigenvalue weighted by atomic mass is 19.1. The summed E-state index contributed by atoms with van der Waals surface area (Å²) in [4.78, 5) is 20.1. The Morgan fingerprint density at radius 3 is 2.46 bits per heavy atom. The number of rotatable bonds is 2. The summed E-state index contributed by atoms with van der Waals surface area (Å²) >= 11 is 0. The molecule has 0 radical (unpaired) electrons. The van der Waals surface area contributed by atoms with Crippen LogP contribution in [0.2, 0.25) is 0 Å². The van der Waals surface area contributed by atoms with Gasteiger partial charge in [-0.3, -0.25) is 9.78 Å². The first-order valence-corrected chi connectivity index (χ1v) is 7.78. The molecule has 7 heteroatoms. The minimum atomic E-state index is -0.694. The lowest BCUT2D eigenvalue weighted by Crippen LogP contribution is -2.24. The van der Waals surface area contributed by atoms with E-state index in [1.54, 1.807) is 32.0 Å². The van der Waals surface area contributed by atoms with Crippen LogP contribution in [0, 0.1) is 25.5 Å². The summed E-state index contributed by atoms with van der Waals surface area (Å²) < 4.78 is 27.7. The number of fused-ring (bicyclic) bond motifs is 1. The number of aliphatic imine (C=N–C) groups is 1. The smallest absolute Gasteiger partial charge is 0.280 e. The molecule has 0 atom stereocenters. The van der Waals surface area contributed by atoms with Gasteiger partial charge in [-0.25, -0.2) is 8.78 Å². The quantitative estimate of drug-likeness (QED) is 0.546. The van der Waals surface area contributed by atoms with Gasteiger partial charge in [-0.1, -0.05) is 0 Å². The van der Waals surface area contributed by atoms with E-state index < -0.39 is 17.5 Å². The molecule has 4 N–H and O–H groups in total. The van der Waals surface area contributed by atoms with Crippen LogP contribution in [0.5, 0.6) is 0 Å². The molecular formula is C19H16F2N4O. The molecule has 0 aliphatic heterocycles. The van der Waals surface area contributed by atoms with Crippen LogP contribution in [0.3, 0.4) is 0 Å². The van der Waals surface area contributed by atoms with Crippen molar-refractivity contribution < 1.29 is 13.6 Å². The maximum atomic E-state index is 14.4. The minimum absolute atomic E-state index is 0.228. The summed E-state index contributed by atoms with van der Waals surface area (Å²) in [6.07, 6.45) is 0. The summed E-state index contributed by atoms with van der Waals surface area (Å²) in [6.45, 7) is 3.60. The number of hydrogen-bond donors (Lipinski definition) is 2. The van der Waals surface area contributed by atoms with Gasteiger partial charge in [0, 0.05) is 28.3 Å². The van der Waals surface area contributed by atoms with Gasteiger partial charge in [-0.2, -0.15) is 4.99 Å². The van der Waals surface area contributed by atoms with Crippen molar-refractivity contribution in [2.75, 3.05) is 0 Å². The molecule has 26 heavy (non-hydrogen) atoms. The normalized spacial score (nSPS) is 10.8. The number of pyridine rings is 1. The Labute approximate surface area is 148 Å². The number of amides is 1. The van der Waals surface area contributed by atoms with Crippen LogP contribution in [0.25, 0.3) is 22.0 Å². The van der Waals surface area contributed by atoms with Crippen LogP contribution in [-0.2, 0) is 0 Å². The number of aryl methyl sites for hydroxylation is 1. The number of carbonyl (C=O) groups excluding carboxylic acids is 1. The fourth-order valence-corrected chi connectivity index (χ4v) is 2.84. The van der Waals surface area contributed by atoms with Crippen LogP contribution in [0.1, 0.15) is 21.6 Å². The van der Waals surface area contributed by atoms with Gasteiger partial charge in [0.15, 0.2) is 5.96 Å². The zero-order chi connectivity index (χ0) is 19.0. The molecule has 0 bridgehead atoms. The van der Waals surface area contributed by atoms with Gasteiger partial charge in [0.05, 0.1) is 5.52 Å². The molecule has 0 aliphatic carbocycles. The monoisotopic (exact) mass is 354 g/mol. The van der Waals surface area contributed by atoms with Gasteiger partial charge in [-0.05, 0) is 55.3 Å². The Balaban J connectivity index is 2.34. The van der Waals surface area contributed by atoms with Crippen molar-refractivity contribution in [3.63, 3.8) is 0 Å². The third-order valence-electron chi connectivity index (χ3n) is 4.15. The van der Waals surface area contributed by atoms with E-state index >= 15 is 0 Å². The lowest BCUT2D eigenvalue weighted by atomic mass is 9.93. The Morgan fingerprint density at radius 2 is 1.81 bits per heavy atom. The molecule has 2 aromatic carbocycles. The van der Waals surface area contributed by atoms with Gasteiger partial charge < -0.3 is 11.5 Å². The van der Waals surface area contributed by atoms with Crippen molar-refractivity contribution in [3.8, 4) is 11.1 Å². The highest BCUT2D eigenvalue weighted by Gasteiger charge is 2.17. The van der Waals surface area contributed by atoms with Crippen molar-refractivity contribution in [1.29, 1.82) is 0 Å². The van der Waals surface area contributed by atoms with Crippen LogP contribution in [-0.4, -0.2) is 16.9 Å². The van der Waals surface area contributed by atoms with E-state index in [0.717, 1.165) is 11.6 Å². The molecule has 132 valence electrons. The number of aromatic nitrogens is 1. The SMILES string of the molecule is Cc1nc2ccc(C(=O)N=C(N)N)cc2c(-c2ccc(F)cc2F)c1C. The third kappa shape index (κ3) is 3.11. The molecule has 1 heterocycles. The average Bonchev–Trinajstić information content (AvgIpc) is 2.56. The number of hydrogen-bond acceptors (Lipinski definition) is 2. The number of carbonyl (C=O) groups is 1. The molecule has 0 aliphatic rings. The predicted octanol–water partition coefficient (Wildman–Crippen LogP) is 3.21. The van der Waals surface area contributed by atoms with E-state index in [0.29, 0.717) is 22.2 Å². The van der Waals surface area contributed by atoms with Gasteiger partial charge in [-0.15, -0.1) is 0 Å². The maximum absolute atomic E-state index is 14.4. The zero-order valence-electron chi connectivity index (χ0n) is 14.2. The molecule has 0 saturated carbocycles. The molecule has 1 amide bonds. The Bertz CT molecular complexity index is 1070. The molecule has 1 aromatic heterocycles. The van der Waals surface area contributed by atoms with E-state index in [2.05, 4.69) is 9.98 Å². The first kappa shape index (κ1) is 17.5. The molecular weight excluding hydrogens is 338 g/mol. The third-order valence-corrected chi connectivity index (χ3v) is 4.15. The Hall–Kier alpha value is -3.35. The molecule has 0 saturated heterocycles. The molecule has 5 nitrogen and oxygen atoms in total. The standard InChI is InChI=1S/C19H16F2N4O/c1-9-10(2)24-16-6-3-11(18(26)25-19(22)23)7-14(16)17(9)13-5-4-12(20)8-15(13)21/h3-8H,1-2H3,(H4,22,23,25,26). The first-order chi connectivity index (χ1) is 12.3. The summed E-state index contributed by atoms with van der Waals surface area (Å²) in [6, 6.07) is 8.13. The fraction of sp³-hybridized carbons (Fsp3) is 0.105. The van der Waals surface area contributed by atoms with Crippen LogP contribution in [0.15, 0.2) is 41.4 Å². The van der Waals surface area contributed by atoms with Crippen molar-refractivity contribution in [3.05, 3.63) is 64.9 Å². The van der Waals surface area contributed by atoms with E-state index in [1.807, 2.05) is 0 Å². The largest absolute Gasteiger partial charge is 0.370 e. The average molecular weight is 354 g/mol. The van der Waals surface area contributed by atoms with E-state index in [1.165, 1.54) is 12.1 Å². The number of guanidine groups is 1. The second-order valence-electron chi connectivity index (χ2n) is 5.90. The van der Waals surface area contributed by atoms with Gasteiger partial charge in [0.1, 0.15) is 11.6 Å². The van der Waals surface area contributed by atoms with Gasteiger partial charge >= 0.3 is 0 Å². The predicted molar refractivity (Wildman–Crippen MR) is 96.7 cm³/mol. The van der Waals surface area contributed by atoms with Crippen LogP contribution >= 0.6 is 0 Å². The Morgan fingerprint density at radius 1 is 1.08 bits per heavy atom. The number of nitrogens with zero attached hydrogens (tertiary/aromatic N) is 2. The number of nitrogens with two attached hydrogens (primary N) is 2. The van der Waals surface area contributed by atoms with Crippen molar-refractivity contribution >= 4 is 22.8 Å². The van der Waals surface area contributed by atoms with Crippen molar-refractivity contribution in [2.24, 2.45) is 16.5 Å². The highest BCUT2D eigenvalue weighted by Crippen LogP contribution is 2.35. The minimum Gasteiger partial charge on any atom is -0.370 e. The summed E-state index contributed by atoms with van der Waals surface area (Å²) in [5.74, 6) is -2.32. The molecule has 3 aromatic rings. The fourth-order valence-electron chi connectivity index (χ4n) is 2.84. The first-order valence-electron chi connectivity index (χ1n) is 7.78. The highest BCUT2D eigenvalue weighted by molar-refractivity contribution is 6.06. The molecule has 0 fully saturated rings. The Kier molecular flexibility index (Phi) is 4.38.